The zero-order chi connectivity index (χ0) is 17.4. The van der Waals surface area contributed by atoms with Crippen LogP contribution < -0.4 is 10.6 Å². The highest BCUT2D eigenvalue weighted by atomic mass is 127. The molecule has 5 nitrogen and oxygen atoms in total. The molecule has 0 amide bonds. The lowest BCUT2D eigenvalue weighted by Crippen LogP contribution is -2.41. The van der Waals surface area contributed by atoms with Gasteiger partial charge in [0.1, 0.15) is 11.4 Å². The molecule has 3 N–H and O–H groups in total. The lowest BCUT2D eigenvalue weighted by atomic mass is 10.00. The smallest absolute Gasteiger partial charge is 0.191 e. The second-order valence-electron chi connectivity index (χ2n) is 6.48. The van der Waals surface area contributed by atoms with Crippen LogP contribution in [0.4, 0.5) is 0 Å². The Labute approximate surface area is 171 Å². The van der Waals surface area contributed by atoms with Gasteiger partial charge in [0.05, 0.1) is 12.8 Å². The zero-order valence-electron chi connectivity index (χ0n) is 15.0. The predicted molar refractivity (Wildman–Crippen MR) is 115 cm³/mol. The van der Waals surface area contributed by atoms with Crippen LogP contribution in [-0.4, -0.2) is 30.7 Å². The molecule has 1 unspecified atom stereocenters. The number of hydrogen-bond donors (Lipinski definition) is 3. The first kappa shape index (κ1) is 22.0. The van der Waals surface area contributed by atoms with Gasteiger partial charge >= 0.3 is 0 Å². The minimum atomic E-state index is -0.965. The van der Waals surface area contributed by atoms with Gasteiger partial charge in [0.25, 0.3) is 0 Å². The number of aliphatic imine (C=N–C) groups is 1. The number of hydrogen-bond acceptors (Lipinski definition) is 4. The molecule has 0 aliphatic carbocycles. The van der Waals surface area contributed by atoms with E-state index in [2.05, 4.69) is 29.5 Å². The molecule has 2 aromatic rings. The van der Waals surface area contributed by atoms with Gasteiger partial charge < -0.3 is 20.2 Å². The molecule has 0 radical (unpaired) electrons. The third-order valence-corrected chi connectivity index (χ3v) is 4.29. The van der Waals surface area contributed by atoms with E-state index in [9.17, 15) is 5.11 Å². The van der Waals surface area contributed by atoms with E-state index in [4.69, 9.17) is 4.42 Å². The first-order chi connectivity index (χ1) is 11.5. The molecule has 7 heteroatoms. The summed E-state index contributed by atoms with van der Waals surface area (Å²) >= 11 is 1.58. The van der Waals surface area contributed by atoms with Gasteiger partial charge in [-0.1, -0.05) is 13.8 Å². The normalized spacial score (nSPS) is 14.0. The fourth-order valence-corrected chi connectivity index (χ4v) is 2.91. The molecule has 0 spiro atoms. The van der Waals surface area contributed by atoms with Crippen molar-refractivity contribution in [3.63, 3.8) is 0 Å². The predicted octanol–water partition coefficient (Wildman–Crippen LogP) is 3.60. The van der Waals surface area contributed by atoms with Gasteiger partial charge in [0, 0.05) is 19.5 Å². The van der Waals surface area contributed by atoms with E-state index < -0.39 is 5.60 Å². The van der Waals surface area contributed by atoms with Crippen molar-refractivity contribution in [1.29, 1.82) is 0 Å². The average molecular weight is 477 g/mol. The summed E-state index contributed by atoms with van der Waals surface area (Å²) in [7, 11) is 0. The molecule has 0 aliphatic rings. The average Bonchev–Trinajstić information content (AvgIpc) is 3.22. The van der Waals surface area contributed by atoms with Gasteiger partial charge in [-0.15, -0.1) is 24.0 Å². The zero-order valence-corrected chi connectivity index (χ0v) is 18.1. The van der Waals surface area contributed by atoms with Crippen molar-refractivity contribution >= 4 is 41.3 Å². The maximum absolute atomic E-state index is 10.6. The molecule has 140 valence electrons. The van der Waals surface area contributed by atoms with Gasteiger partial charge in [-0.05, 0) is 47.4 Å². The molecule has 2 heterocycles. The van der Waals surface area contributed by atoms with E-state index >= 15 is 0 Å². The van der Waals surface area contributed by atoms with Crippen LogP contribution in [0.1, 0.15) is 32.1 Å². The van der Waals surface area contributed by atoms with E-state index in [1.165, 1.54) is 0 Å². The number of nitrogens with one attached hydrogen (secondary N) is 2. The number of aliphatic hydroxyl groups is 1. The first-order valence-corrected chi connectivity index (χ1v) is 9.21. The summed E-state index contributed by atoms with van der Waals surface area (Å²) in [5, 5.41) is 21.1. The van der Waals surface area contributed by atoms with Crippen molar-refractivity contribution in [3.8, 4) is 0 Å². The summed E-state index contributed by atoms with van der Waals surface area (Å²) < 4.78 is 5.34. The summed E-state index contributed by atoms with van der Waals surface area (Å²) in [4.78, 5) is 4.56. The topological polar surface area (TPSA) is 69.8 Å². The van der Waals surface area contributed by atoms with Gasteiger partial charge in [0.2, 0.25) is 0 Å². The minimum absolute atomic E-state index is 0. The van der Waals surface area contributed by atoms with E-state index in [1.54, 1.807) is 24.5 Å². The van der Waals surface area contributed by atoms with E-state index in [1.807, 2.05) is 29.0 Å². The van der Waals surface area contributed by atoms with Crippen molar-refractivity contribution in [3.05, 3.63) is 46.5 Å². The van der Waals surface area contributed by atoms with Gasteiger partial charge in [0.15, 0.2) is 5.96 Å². The minimum Gasteiger partial charge on any atom is -0.469 e. The largest absolute Gasteiger partial charge is 0.469 e. The number of rotatable bonds is 8. The molecule has 0 aromatic carbocycles. The van der Waals surface area contributed by atoms with E-state index in [0.29, 0.717) is 18.4 Å². The van der Waals surface area contributed by atoms with Crippen LogP contribution in [0.2, 0.25) is 0 Å². The Morgan fingerprint density at radius 3 is 2.76 bits per heavy atom. The summed E-state index contributed by atoms with van der Waals surface area (Å²) in [5.41, 5.74) is -0.0666. The van der Waals surface area contributed by atoms with Crippen LogP contribution in [0.3, 0.4) is 0 Å². The van der Waals surface area contributed by atoms with Gasteiger partial charge in [-0.2, -0.15) is 11.3 Å². The monoisotopic (exact) mass is 477 g/mol. The fraction of sp³-hybridized carbons (Fsp3) is 0.500. The summed E-state index contributed by atoms with van der Waals surface area (Å²) in [5.74, 6) is 2.17. The van der Waals surface area contributed by atoms with Crippen LogP contribution in [0.5, 0.6) is 0 Å². The third-order valence-electron chi connectivity index (χ3n) is 3.61. The SMILES string of the molecule is CC(C)CNC(=NCC(C)(O)c1ccsc1)NCCc1ccco1.I. The van der Waals surface area contributed by atoms with E-state index in [-0.39, 0.29) is 24.0 Å². The lowest BCUT2D eigenvalue weighted by Gasteiger charge is -2.21. The molecule has 0 saturated heterocycles. The number of nitrogens with zero attached hydrogens (tertiary/aromatic N) is 1. The van der Waals surface area contributed by atoms with Crippen molar-refractivity contribution in [2.24, 2.45) is 10.9 Å². The Morgan fingerprint density at radius 1 is 1.36 bits per heavy atom. The fourth-order valence-electron chi connectivity index (χ4n) is 2.13. The number of furan rings is 1. The Bertz CT molecular complexity index is 610. The third kappa shape index (κ3) is 7.79. The Balaban J connectivity index is 0.00000312. The number of guanidine groups is 1. The molecule has 25 heavy (non-hydrogen) atoms. The maximum atomic E-state index is 10.6. The molecule has 0 fully saturated rings. The van der Waals surface area contributed by atoms with Gasteiger partial charge in [-0.25, -0.2) is 4.99 Å². The molecule has 2 rings (SSSR count). The first-order valence-electron chi connectivity index (χ1n) is 8.27. The summed E-state index contributed by atoms with van der Waals surface area (Å²) in [6.45, 7) is 7.94. The highest BCUT2D eigenvalue weighted by Crippen LogP contribution is 2.23. The standard InChI is InChI=1S/C18H27N3O2S.HI/c1-14(2)11-20-17(19-8-6-16-5-4-9-23-16)21-13-18(3,22)15-7-10-24-12-15;/h4-5,7,9-10,12,14,22H,6,8,11,13H2,1-3H3,(H2,19,20,21);1H. The second kappa shape index (κ2) is 10.8. The lowest BCUT2D eigenvalue weighted by molar-refractivity contribution is 0.0677. The van der Waals surface area contributed by atoms with E-state index in [0.717, 1.165) is 30.8 Å². The van der Waals surface area contributed by atoms with Crippen LogP contribution in [0.15, 0.2) is 44.6 Å². The molecule has 1 atom stereocenters. The number of thiophene rings is 1. The van der Waals surface area contributed by atoms with Crippen molar-refractivity contribution in [1.82, 2.24) is 10.6 Å². The molecular formula is C18H28IN3O2S. The second-order valence-corrected chi connectivity index (χ2v) is 7.26. The number of halogens is 1. The van der Waals surface area contributed by atoms with Crippen LogP contribution >= 0.6 is 35.3 Å². The van der Waals surface area contributed by atoms with Gasteiger partial charge in [-0.3, -0.25) is 0 Å². The van der Waals surface area contributed by atoms with Crippen LogP contribution in [0.25, 0.3) is 0 Å². The molecular weight excluding hydrogens is 449 g/mol. The van der Waals surface area contributed by atoms with Crippen molar-refractivity contribution < 1.29 is 9.52 Å². The van der Waals surface area contributed by atoms with Crippen LogP contribution in [-0.2, 0) is 12.0 Å². The van der Waals surface area contributed by atoms with Crippen LogP contribution in [0, 0.1) is 5.92 Å². The van der Waals surface area contributed by atoms with Crippen molar-refractivity contribution in [2.45, 2.75) is 32.8 Å². The highest BCUT2D eigenvalue weighted by molar-refractivity contribution is 14.0. The molecule has 0 aliphatic heterocycles. The Hall–Kier alpha value is -1.06. The molecule has 0 bridgehead atoms. The highest BCUT2D eigenvalue weighted by Gasteiger charge is 2.23. The molecule has 0 saturated carbocycles. The summed E-state index contributed by atoms with van der Waals surface area (Å²) in [6, 6.07) is 5.78. The summed E-state index contributed by atoms with van der Waals surface area (Å²) in [6.07, 6.45) is 2.47. The quantitative estimate of drug-likeness (QED) is 0.309. The molecule has 2 aromatic heterocycles. The van der Waals surface area contributed by atoms with Crippen molar-refractivity contribution in [2.75, 3.05) is 19.6 Å². The Kier molecular flexibility index (Phi) is 9.52. The Morgan fingerprint density at radius 2 is 2.16 bits per heavy atom. The maximum Gasteiger partial charge on any atom is 0.191 e.